The molecule has 8 heteroatoms. The minimum Gasteiger partial charge on any atom is -0.457 e. The lowest BCUT2D eigenvalue weighted by atomic mass is 10.1. The largest absolute Gasteiger partial charge is 0.457 e. The van der Waals surface area contributed by atoms with E-state index in [0.29, 0.717) is 34.6 Å². The highest BCUT2D eigenvalue weighted by Crippen LogP contribution is 2.29. The summed E-state index contributed by atoms with van der Waals surface area (Å²) in [6.07, 6.45) is 3.53. The fraction of sp³-hybridized carbons (Fsp3) is 0.200. The number of aromatic nitrogens is 1. The van der Waals surface area contributed by atoms with Gasteiger partial charge in [0, 0.05) is 31.0 Å². The van der Waals surface area contributed by atoms with Gasteiger partial charge < -0.3 is 20.7 Å². The van der Waals surface area contributed by atoms with Gasteiger partial charge in [-0.05, 0) is 43.2 Å². The van der Waals surface area contributed by atoms with Gasteiger partial charge in [0.15, 0.2) is 0 Å². The van der Waals surface area contributed by atoms with Crippen molar-refractivity contribution in [1.82, 2.24) is 10.3 Å². The number of amides is 1. The molecule has 1 aliphatic carbocycles. The molecular formula is C20H18N4O4. The zero-order valence-electron chi connectivity index (χ0n) is 15.1. The molecule has 0 aliphatic heterocycles. The summed E-state index contributed by atoms with van der Waals surface area (Å²) in [7, 11) is 1.53. The predicted molar refractivity (Wildman–Crippen MR) is 105 cm³/mol. The van der Waals surface area contributed by atoms with Gasteiger partial charge in [-0.1, -0.05) is 0 Å². The van der Waals surface area contributed by atoms with Crippen molar-refractivity contribution in [2.75, 3.05) is 17.7 Å². The Morgan fingerprint density at radius 1 is 1.04 bits per heavy atom. The van der Waals surface area contributed by atoms with E-state index in [1.165, 1.54) is 13.2 Å². The zero-order valence-corrected chi connectivity index (χ0v) is 15.1. The monoisotopic (exact) mass is 378 g/mol. The molecular weight excluding hydrogens is 360 g/mol. The van der Waals surface area contributed by atoms with Crippen LogP contribution in [-0.2, 0) is 0 Å². The zero-order chi connectivity index (χ0) is 19.7. The van der Waals surface area contributed by atoms with Crippen LogP contribution in [0, 0.1) is 0 Å². The van der Waals surface area contributed by atoms with Crippen LogP contribution in [0.4, 0.5) is 17.1 Å². The number of anilines is 3. The van der Waals surface area contributed by atoms with Crippen molar-refractivity contribution in [2.45, 2.75) is 18.9 Å². The van der Waals surface area contributed by atoms with E-state index < -0.39 is 10.9 Å². The van der Waals surface area contributed by atoms with Crippen LogP contribution < -0.4 is 31.5 Å². The molecule has 142 valence electrons. The van der Waals surface area contributed by atoms with Crippen LogP contribution in [0.2, 0.25) is 0 Å². The molecule has 0 spiro atoms. The van der Waals surface area contributed by atoms with E-state index in [1.54, 1.807) is 36.4 Å². The average molecular weight is 378 g/mol. The molecule has 0 atom stereocenters. The molecule has 3 N–H and O–H groups in total. The average Bonchev–Trinajstić information content (AvgIpc) is 3.55. The van der Waals surface area contributed by atoms with E-state index in [4.69, 9.17) is 4.74 Å². The number of carbonyl (C=O) groups is 1. The van der Waals surface area contributed by atoms with Gasteiger partial charge in [-0.3, -0.25) is 19.4 Å². The molecule has 2 aromatic carbocycles. The second-order valence-electron chi connectivity index (χ2n) is 6.53. The number of pyridine rings is 1. The highest BCUT2D eigenvalue weighted by Gasteiger charge is 2.28. The van der Waals surface area contributed by atoms with Gasteiger partial charge in [0.2, 0.25) is 0 Å². The fourth-order valence-electron chi connectivity index (χ4n) is 2.69. The number of hydrogen-bond donors (Lipinski definition) is 3. The second-order valence-corrected chi connectivity index (χ2v) is 6.53. The summed E-state index contributed by atoms with van der Waals surface area (Å²) < 4.78 is 5.74. The third-order valence-electron chi connectivity index (χ3n) is 4.39. The molecule has 0 radical (unpaired) electrons. The van der Waals surface area contributed by atoms with Gasteiger partial charge >= 0.3 is 0 Å². The third-order valence-corrected chi connectivity index (χ3v) is 4.39. The first kappa shape index (κ1) is 17.7. The molecule has 0 unspecified atom stereocenters. The van der Waals surface area contributed by atoms with E-state index in [2.05, 4.69) is 20.9 Å². The van der Waals surface area contributed by atoms with Crippen LogP contribution >= 0.6 is 0 Å². The van der Waals surface area contributed by atoms with E-state index in [0.717, 1.165) is 12.8 Å². The summed E-state index contributed by atoms with van der Waals surface area (Å²) in [5.41, 5.74) is 0.607. The van der Waals surface area contributed by atoms with Crippen molar-refractivity contribution in [1.29, 1.82) is 0 Å². The smallest absolute Gasteiger partial charge is 0.269 e. The molecule has 1 aromatic heterocycles. The van der Waals surface area contributed by atoms with Crippen LogP contribution in [0.3, 0.4) is 0 Å². The maximum atomic E-state index is 11.8. The van der Waals surface area contributed by atoms with Gasteiger partial charge in [0.05, 0.1) is 0 Å². The van der Waals surface area contributed by atoms with E-state index in [1.807, 2.05) is 0 Å². The summed E-state index contributed by atoms with van der Waals surface area (Å²) in [6.45, 7) is 0. The first-order chi connectivity index (χ1) is 13.5. The Bertz CT molecular complexity index is 1100. The molecule has 1 aliphatic rings. The number of benzene rings is 1. The molecule has 3 aromatic rings. The quantitative estimate of drug-likeness (QED) is 0.541. The van der Waals surface area contributed by atoms with Crippen molar-refractivity contribution in [2.24, 2.45) is 0 Å². The van der Waals surface area contributed by atoms with E-state index in [9.17, 15) is 14.4 Å². The molecule has 28 heavy (non-hydrogen) atoms. The number of nitrogens with zero attached hydrogens (tertiary/aromatic N) is 1. The molecule has 8 nitrogen and oxygen atoms in total. The molecule has 4 rings (SSSR count). The summed E-state index contributed by atoms with van der Waals surface area (Å²) in [5, 5.41) is 8.59. The fourth-order valence-corrected chi connectivity index (χ4v) is 2.69. The molecule has 0 saturated heterocycles. The standard InChI is InChI=1S/C20H18N4O4/c1-21-20(27)15-10-14(8-9-22-15)28-13-6-4-12(5-7-13)24-17-16(18(25)19(17)26)23-11-2-3-11/h4-11,23-24H,2-3H2,1H3,(H,21,27). The van der Waals surface area contributed by atoms with Crippen molar-refractivity contribution >= 4 is 23.0 Å². The maximum Gasteiger partial charge on any atom is 0.269 e. The normalized spacial score (nSPS) is 13.2. The Kier molecular flexibility index (Phi) is 4.52. The summed E-state index contributed by atoms with van der Waals surface area (Å²) in [5.74, 6) is 0.738. The van der Waals surface area contributed by atoms with Gasteiger partial charge in [-0.2, -0.15) is 0 Å². The number of hydrogen-bond acceptors (Lipinski definition) is 7. The van der Waals surface area contributed by atoms with E-state index >= 15 is 0 Å². The lowest BCUT2D eigenvalue weighted by molar-refractivity contribution is 0.0958. The van der Waals surface area contributed by atoms with Crippen LogP contribution in [0.5, 0.6) is 11.5 Å². The predicted octanol–water partition coefficient (Wildman–Crippen LogP) is 2.15. The van der Waals surface area contributed by atoms with Crippen LogP contribution in [0.25, 0.3) is 0 Å². The number of ether oxygens (including phenoxy) is 1. The molecule has 1 heterocycles. The van der Waals surface area contributed by atoms with Gasteiger partial charge in [0.1, 0.15) is 28.6 Å². The van der Waals surface area contributed by atoms with E-state index in [-0.39, 0.29) is 11.6 Å². The topological polar surface area (TPSA) is 109 Å². The molecule has 0 bridgehead atoms. The van der Waals surface area contributed by atoms with Gasteiger partial charge in [-0.25, -0.2) is 0 Å². The number of rotatable bonds is 7. The molecule has 1 amide bonds. The summed E-state index contributed by atoms with van der Waals surface area (Å²) in [6, 6.07) is 10.4. The Labute approximate surface area is 160 Å². The highest BCUT2D eigenvalue weighted by molar-refractivity contribution is 5.92. The Morgan fingerprint density at radius 3 is 2.43 bits per heavy atom. The summed E-state index contributed by atoms with van der Waals surface area (Å²) >= 11 is 0. The molecule has 1 saturated carbocycles. The third kappa shape index (κ3) is 3.57. The summed E-state index contributed by atoms with van der Waals surface area (Å²) in [4.78, 5) is 39.2. The van der Waals surface area contributed by atoms with Crippen LogP contribution in [-0.4, -0.2) is 24.0 Å². The Morgan fingerprint density at radius 2 is 1.75 bits per heavy atom. The van der Waals surface area contributed by atoms with Crippen molar-refractivity contribution < 1.29 is 9.53 Å². The lowest BCUT2D eigenvalue weighted by Crippen LogP contribution is -2.37. The first-order valence-electron chi connectivity index (χ1n) is 8.88. The Hall–Kier alpha value is -3.68. The van der Waals surface area contributed by atoms with Gasteiger partial charge in [-0.15, -0.1) is 0 Å². The second kappa shape index (κ2) is 7.15. The maximum absolute atomic E-state index is 11.8. The van der Waals surface area contributed by atoms with Crippen molar-refractivity contribution in [3.63, 3.8) is 0 Å². The highest BCUT2D eigenvalue weighted by atomic mass is 16.5. The first-order valence-corrected chi connectivity index (χ1v) is 8.88. The van der Waals surface area contributed by atoms with Gasteiger partial charge in [0.25, 0.3) is 16.8 Å². The number of carbonyl (C=O) groups excluding carboxylic acids is 1. The molecule has 1 fully saturated rings. The minimum absolute atomic E-state index is 0.258. The lowest BCUT2D eigenvalue weighted by Gasteiger charge is -2.14. The minimum atomic E-state index is -0.512. The SMILES string of the molecule is CNC(=O)c1cc(Oc2ccc(Nc3c(NC4CC4)c(=O)c3=O)cc2)ccn1. The number of nitrogens with one attached hydrogen (secondary N) is 3. The van der Waals surface area contributed by atoms with Crippen molar-refractivity contribution in [3.05, 3.63) is 68.7 Å². The van der Waals surface area contributed by atoms with Crippen LogP contribution in [0.15, 0.2) is 52.2 Å². The Balaban J connectivity index is 1.45. The van der Waals surface area contributed by atoms with Crippen molar-refractivity contribution in [3.8, 4) is 11.5 Å². The van der Waals surface area contributed by atoms with Crippen LogP contribution in [0.1, 0.15) is 23.3 Å².